The van der Waals surface area contributed by atoms with E-state index in [1.165, 1.54) is 0 Å². The van der Waals surface area contributed by atoms with E-state index < -0.39 is 5.41 Å². The lowest BCUT2D eigenvalue weighted by atomic mass is 9.81. The quantitative estimate of drug-likeness (QED) is 0.822. The number of carbonyl (C=O) groups is 1. The van der Waals surface area contributed by atoms with Crippen molar-refractivity contribution in [2.24, 2.45) is 5.41 Å². The average molecular weight is 270 g/mol. The third-order valence-electron chi connectivity index (χ3n) is 4.33. The highest BCUT2D eigenvalue weighted by atomic mass is 16.2. The summed E-state index contributed by atoms with van der Waals surface area (Å²) in [6.45, 7) is 3.96. The van der Waals surface area contributed by atoms with Crippen molar-refractivity contribution in [3.63, 3.8) is 0 Å². The maximum atomic E-state index is 12.6. The van der Waals surface area contributed by atoms with Crippen LogP contribution in [0.3, 0.4) is 0 Å². The summed E-state index contributed by atoms with van der Waals surface area (Å²) < 4.78 is 0. The van der Waals surface area contributed by atoms with Crippen LogP contribution in [0.2, 0.25) is 0 Å². The molecule has 0 heterocycles. The summed E-state index contributed by atoms with van der Waals surface area (Å²) >= 11 is 0. The standard InChI is InChI=1S/C17H22N2O/c1-13-8-7-9-14(2)15(13)19-16(20)17(12-18)10-5-3-4-6-11-17/h7-9H,3-6,10-11H2,1-2H3,(H,19,20). The van der Waals surface area contributed by atoms with Gasteiger partial charge in [0.05, 0.1) is 6.07 Å². The fourth-order valence-corrected chi connectivity index (χ4v) is 2.97. The molecular weight excluding hydrogens is 248 g/mol. The number of benzene rings is 1. The van der Waals surface area contributed by atoms with Crippen molar-refractivity contribution < 1.29 is 4.79 Å². The summed E-state index contributed by atoms with van der Waals surface area (Å²) in [4.78, 5) is 12.6. The van der Waals surface area contributed by atoms with E-state index in [1.807, 2.05) is 32.0 Å². The normalized spacial score (nSPS) is 17.9. The monoisotopic (exact) mass is 270 g/mol. The molecule has 3 heteroatoms. The van der Waals surface area contributed by atoms with Gasteiger partial charge in [0.1, 0.15) is 5.41 Å². The number of hydrogen-bond donors (Lipinski definition) is 1. The van der Waals surface area contributed by atoms with Crippen LogP contribution in [0.5, 0.6) is 0 Å². The lowest BCUT2D eigenvalue weighted by molar-refractivity contribution is -0.123. The third kappa shape index (κ3) is 2.85. The maximum absolute atomic E-state index is 12.6. The number of amides is 1. The largest absolute Gasteiger partial charge is 0.324 e. The molecule has 1 amide bonds. The number of nitrogens with one attached hydrogen (secondary N) is 1. The first-order chi connectivity index (χ1) is 9.59. The molecule has 0 saturated heterocycles. The molecule has 0 bridgehead atoms. The number of para-hydroxylation sites is 1. The fourth-order valence-electron chi connectivity index (χ4n) is 2.97. The van der Waals surface area contributed by atoms with Crippen LogP contribution in [0.25, 0.3) is 0 Å². The van der Waals surface area contributed by atoms with Crippen LogP contribution in [-0.2, 0) is 4.79 Å². The first kappa shape index (κ1) is 14.6. The summed E-state index contributed by atoms with van der Waals surface area (Å²) in [7, 11) is 0. The van der Waals surface area contributed by atoms with Crippen LogP contribution >= 0.6 is 0 Å². The molecule has 1 fully saturated rings. The van der Waals surface area contributed by atoms with E-state index >= 15 is 0 Å². The van der Waals surface area contributed by atoms with Crippen molar-refractivity contribution in [2.75, 3.05) is 5.32 Å². The zero-order valence-corrected chi connectivity index (χ0v) is 12.3. The van der Waals surface area contributed by atoms with Gasteiger partial charge in [0.25, 0.3) is 0 Å². The lowest BCUT2D eigenvalue weighted by Gasteiger charge is -2.24. The second-order valence-electron chi connectivity index (χ2n) is 5.83. The highest BCUT2D eigenvalue weighted by molar-refractivity contribution is 5.98. The minimum absolute atomic E-state index is 0.126. The van der Waals surface area contributed by atoms with E-state index in [0.717, 1.165) is 42.5 Å². The average Bonchev–Trinajstić information content (AvgIpc) is 2.69. The molecule has 3 nitrogen and oxygen atoms in total. The zero-order chi connectivity index (χ0) is 14.6. The summed E-state index contributed by atoms with van der Waals surface area (Å²) in [6.07, 6.45) is 5.54. The molecule has 1 aliphatic rings. The zero-order valence-electron chi connectivity index (χ0n) is 12.3. The lowest BCUT2D eigenvalue weighted by Crippen LogP contribution is -2.35. The summed E-state index contributed by atoms with van der Waals surface area (Å²) in [5.74, 6) is -0.126. The predicted molar refractivity (Wildman–Crippen MR) is 80.3 cm³/mol. The van der Waals surface area contributed by atoms with Crippen molar-refractivity contribution in [3.8, 4) is 6.07 Å². The van der Waals surface area contributed by atoms with Crippen molar-refractivity contribution >= 4 is 11.6 Å². The smallest absolute Gasteiger partial charge is 0.244 e. The third-order valence-corrected chi connectivity index (χ3v) is 4.33. The maximum Gasteiger partial charge on any atom is 0.244 e. The van der Waals surface area contributed by atoms with Crippen molar-refractivity contribution in [1.29, 1.82) is 5.26 Å². The van der Waals surface area contributed by atoms with Gasteiger partial charge in [0, 0.05) is 5.69 Å². The molecule has 2 rings (SSSR count). The van der Waals surface area contributed by atoms with Gasteiger partial charge in [0.15, 0.2) is 0 Å². The molecule has 20 heavy (non-hydrogen) atoms. The minimum atomic E-state index is -0.842. The van der Waals surface area contributed by atoms with E-state index in [2.05, 4.69) is 11.4 Å². The molecular formula is C17H22N2O. The Morgan fingerprint density at radius 2 is 1.70 bits per heavy atom. The number of nitrogens with zero attached hydrogens (tertiary/aromatic N) is 1. The van der Waals surface area contributed by atoms with Gasteiger partial charge in [-0.25, -0.2) is 0 Å². The van der Waals surface area contributed by atoms with Gasteiger partial charge in [-0.2, -0.15) is 5.26 Å². The summed E-state index contributed by atoms with van der Waals surface area (Å²) in [5.41, 5.74) is 2.10. The van der Waals surface area contributed by atoms with Crippen LogP contribution < -0.4 is 5.32 Å². The topological polar surface area (TPSA) is 52.9 Å². The Hall–Kier alpha value is -1.82. The Bertz CT molecular complexity index is 514. The number of nitriles is 1. The molecule has 1 saturated carbocycles. The van der Waals surface area contributed by atoms with Crippen LogP contribution in [0.15, 0.2) is 18.2 Å². The molecule has 0 radical (unpaired) electrons. The number of hydrogen-bond acceptors (Lipinski definition) is 2. The molecule has 0 aromatic heterocycles. The molecule has 106 valence electrons. The van der Waals surface area contributed by atoms with Gasteiger partial charge in [-0.15, -0.1) is 0 Å². The molecule has 0 unspecified atom stereocenters. The van der Waals surface area contributed by atoms with Crippen LogP contribution in [0.1, 0.15) is 49.7 Å². The number of aryl methyl sites for hydroxylation is 2. The van der Waals surface area contributed by atoms with Crippen LogP contribution in [0.4, 0.5) is 5.69 Å². The first-order valence-corrected chi connectivity index (χ1v) is 7.38. The van der Waals surface area contributed by atoms with E-state index in [0.29, 0.717) is 12.8 Å². The van der Waals surface area contributed by atoms with Gasteiger partial charge in [-0.1, -0.05) is 43.9 Å². The van der Waals surface area contributed by atoms with Gasteiger partial charge >= 0.3 is 0 Å². The van der Waals surface area contributed by atoms with Gasteiger partial charge in [-0.05, 0) is 37.8 Å². The fraction of sp³-hybridized carbons (Fsp3) is 0.529. The minimum Gasteiger partial charge on any atom is -0.324 e. The second-order valence-corrected chi connectivity index (χ2v) is 5.83. The van der Waals surface area contributed by atoms with Gasteiger partial charge in [0.2, 0.25) is 5.91 Å². The molecule has 0 spiro atoms. The SMILES string of the molecule is Cc1cccc(C)c1NC(=O)C1(C#N)CCCCCC1. The van der Waals surface area contributed by atoms with Crippen LogP contribution in [-0.4, -0.2) is 5.91 Å². The summed E-state index contributed by atoms with van der Waals surface area (Å²) in [5, 5.41) is 12.5. The van der Waals surface area contributed by atoms with E-state index in [9.17, 15) is 10.1 Å². The van der Waals surface area contributed by atoms with E-state index in [-0.39, 0.29) is 5.91 Å². The highest BCUT2D eigenvalue weighted by Crippen LogP contribution is 2.36. The molecule has 1 aliphatic carbocycles. The van der Waals surface area contributed by atoms with E-state index in [1.54, 1.807) is 0 Å². The van der Waals surface area contributed by atoms with Crippen molar-refractivity contribution in [3.05, 3.63) is 29.3 Å². The number of anilines is 1. The Balaban J connectivity index is 2.24. The Kier molecular flexibility index (Phi) is 4.44. The Labute approximate surface area is 121 Å². The molecule has 0 aliphatic heterocycles. The summed E-state index contributed by atoms with van der Waals surface area (Å²) in [6, 6.07) is 8.24. The van der Waals surface area contributed by atoms with Crippen molar-refractivity contribution in [2.45, 2.75) is 52.4 Å². The van der Waals surface area contributed by atoms with Gasteiger partial charge < -0.3 is 5.32 Å². The molecule has 0 atom stereocenters. The predicted octanol–water partition coefficient (Wildman–Crippen LogP) is 4.11. The molecule has 1 aromatic rings. The first-order valence-electron chi connectivity index (χ1n) is 7.38. The molecule has 1 aromatic carbocycles. The van der Waals surface area contributed by atoms with Gasteiger partial charge in [-0.3, -0.25) is 4.79 Å². The molecule has 1 N–H and O–H groups in total. The van der Waals surface area contributed by atoms with E-state index in [4.69, 9.17) is 0 Å². The highest BCUT2D eigenvalue weighted by Gasteiger charge is 2.39. The van der Waals surface area contributed by atoms with Crippen molar-refractivity contribution in [1.82, 2.24) is 0 Å². The second kappa shape index (κ2) is 6.09. The van der Waals surface area contributed by atoms with Crippen LogP contribution in [0, 0.1) is 30.6 Å². The Morgan fingerprint density at radius 1 is 1.15 bits per heavy atom. The Morgan fingerprint density at radius 3 is 2.20 bits per heavy atom. The number of rotatable bonds is 2. The number of carbonyl (C=O) groups excluding carboxylic acids is 1.